The van der Waals surface area contributed by atoms with Crippen molar-refractivity contribution in [2.24, 2.45) is 148 Å². The van der Waals surface area contributed by atoms with Gasteiger partial charge in [0.2, 0.25) is 5.91 Å². The van der Waals surface area contributed by atoms with Crippen LogP contribution >= 0.6 is 0 Å². The largest absolute Gasteiger partial charge is 0.350 e. The van der Waals surface area contributed by atoms with Gasteiger partial charge in [-0.1, -0.05) is 347 Å². The Balaban J connectivity index is 10.6. The highest BCUT2D eigenvalue weighted by molar-refractivity contribution is 7.85. The molecule has 0 spiro atoms. The average Bonchev–Trinajstić information content (AvgIpc) is 0.844. The van der Waals surface area contributed by atoms with Crippen molar-refractivity contribution < 1.29 is 17.8 Å². The summed E-state index contributed by atoms with van der Waals surface area (Å²) in [6.45, 7) is 68.5. The van der Waals surface area contributed by atoms with Crippen LogP contribution in [-0.4, -0.2) is 30.2 Å². The van der Waals surface area contributed by atoms with Gasteiger partial charge in [0.1, 0.15) is 0 Å². The van der Waals surface area contributed by atoms with Gasteiger partial charge in [0.25, 0.3) is 10.1 Å². The molecule has 0 radical (unpaired) electrons. The molecule has 0 fully saturated rings. The van der Waals surface area contributed by atoms with Gasteiger partial charge in [0.15, 0.2) is 0 Å². The molecule has 0 aliphatic rings. The van der Waals surface area contributed by atoms with Gasteiger partial charge in [0.05, 0.1) is 11.3 Å². The smallest absolute Gasteiger partial charge is 0.267 e. The minimum atomic E-state index is -4.35. The maximum absolute atomic E-state index is 15.8. The first-order valence-corrected chi connectivity index (χ1v) is 53.9. The summed E-state index contributed by atoms with van der Waals surface area (Å²) in [6, 6.07) is 0. The summed E-state index contributed by atoms with van der Waals surface area (Å²) >= 11 is 0. The van der Waals surface area contributed by atoms with Crippen molar-refractivity contribution in [2.75, 3.05) is 5.75 Å². The zero-order valence-corrected chi connectivity index (χ0v) is 83.6. The van der Waals surface area contributed by atoms with Gasteiger partial charge in [-0.15, -0.1) is 0 Å². The van der Waals surface area contributed by atoms with Gasteiger partial charge in [-0.25, -0.2) is 0 Å². The number of hydrogen-bond donors (Lipinski definition) is 2. The molecule has 6 heteroatoms. The summed E-state index contributed by atoms with van der Waals surface area (Å²) in [5, 5.41) is 3.37. The van der Waals surface area contributed by atoms with Crippen LogP contribution in [0.5, 0.6) is 0 Å². The molecule has 5 nitrogen and oxygen atoms in total. The molecule has 0 saturated heterocycles. The molecule has 6 unspecified atom stereocenters. The molecule has 0 rings (SSSR count). The van der Waals surface area contributed by atoms with Gasteiger partial charge in [0, 0.05) is 5.92 Å². The Bertz CT molecular complexity index is 2010. The Labute approximate surface area is 715 Å². The molecule has 6 atom stereocenters. The first kappa shape index (κ1) is 112. The molecule has 2 N–H and O–H groups in total. The Morgan fingerprint density at radius 1 is 0.221 bits per heavy atom. The Kier molecular flexibility index (Phi) is 66.6. The SMILES string of the molecule is CCCC(CC)CC(CC)CC(CC(CC)CC)CC(CC(CC(CC)CC)CC(CC)CC)CC(CC(CC(CC(CC(CC)CC)CC(CC)CC)CC(CC(CC)CC)CC(CC)CC)CC(CC(CC(CC)CC)CC(CC)CC)CC(CC(CC)CC)CC(CC)CC)CC(CC)C(=O)NC(C)(C)CS(=O)(=O)O. The predicted octanol–water partition coefficient (Wildman–Crippen LogP) is 35.6. The third kappa shape index (κ3) is 49.9. The van der Waals surface area contributed by atoms with E-state index >= 15 is 4.79 Å². The van der Waals surface area contributed by atoms with Crippen molar-refractivity contribution in [3.63, 3.8) is 0 Å². The molecule has 0 heterocycles. The van der Waals surface area contributed by atoms with E-state index in [0.717, 1.165) is 113 Å². The van der Waals surface area contributed by atoms with E-state index in [9.17, 15) is 13.0 Å². The number of nitrogens with one attached hydrogen (secondary N) is 1. The lowest BCUT2D eigenvalue weighted by molar-refractivity contribution is -0.127. The molecule has 0 aliphatic carbocycles. The number of carbonyl (C=O) groups is 1. The highest BCUT2D eigenvalue weighted by Gasteiger charge is 2.38. The molecule has 0 aromatic carbocycles. The van der Waals surface area contributed by atoms with Crippen LogP contribution in [-0.2, 0) is 14.9 Å². The molecule has 0 saturated carbocycles. The van der Waals surface area contributed by atoms with Crippen LogP contribution in [0.2, 0.25) is 0 Å². The monoisotopic (exact) mass is 1610 g/mol. The summed E-state index contributed by atoms with van der Waals surface area (Å²) in [6.07, 6.45) is 66.0. The van der Waals surface area contributed by atoms with Crippen molar-refractivity contribution in [2.45, 2.75) is 527 Å². The van der Waals surface area contributed by atoms with E-state index in [4.69, 9.17) is 0 Å². The lowest BCUT2D eigenvalue weighted by Gasteiger charge is -2.39. The van der Waals surface area contributed by atoms with E-state index < -0.39 is 21.4 Å². The van der Waals surface area contributed by atoms with Crippen LogP contribution in [0.3, 0.4) is 0 Å². The Morgan fingerprint density at radius 3 is 0.504 bits per heavy atom. The fraction of sp³-hybridized carbons (Fsp3) is 0.991. The molecular formula is C107H215NO4S. The molecule has 1 amide bonds. The van der Waals surface area contributed by atoms with Crippen LogP contribution in [0, 0.1) is 148 Å². The van der Waals surface area contributed by atoms with Crippen molar-refractivity contribution in [3.8, 4) is 0 Å². The molecule has 0 bridgehead atoms. The fourth-order valence-electron chi connectivity index (χ4n) is 24.0. The van der Waals surface area contributed by atoms with Crippen LogP contribution < -0.4 is 5.32 Å². The van der Waals surface area contributed by atoms with Gasteiger partial charge in [-0.2, -0.15) is 8.42 Å². The zero-order chi connectivity index (χ0) is 85.5. The zero-order valence-electron chi connectivity index (χ0n) is 82.8. The maximum Gasteiger partial charge on any atom is 0.267 e. The van der Waals surface area contributed by atoms with Crippen molar-refractivity contribution in [1.82, 2.24) is 5.32 Å². The number of amides is 1. The number of rotatable bonds is 79. The lowest BCUT2D eigenvalue weighted by atomic mass is 9.67. The first-order valence-electron chi connectivity index (χ1n) is 52.2. The molecule has 0 aromatic rings. The fourth-order valence-corrected chi connectivity index (χ4v) is 25.0. The van der Waals surface area contributed by atoms with Gasteiger partial charge in [-0.3, -0.25) is 9.35 Å². The van der Waals surface area contributed by atoms with E-state index in [0.29, 0.717) is 41.4 Å². The summed E-state index contributed by atoms with van der Waals surface area (Å²) in [5.74, 6) is 16.3. The van der Waals surface area contributed by atoms with Crippen LogP contribution in [0.15, 0.2) is 0 Å². The maximum atomic E-state index is 15.8. The van der Waals surface area contributed by atoms with Crippen LogP contribution in [0.4, 0.5) is 0 Å². The molecule has 0 aromatic heterocycles. The third-order valence-electron chi connectivity index (χ3n) is 32.4. The highest BCUT2D eigenvalue weighted by atomic mass is 32.2. The summed E-state index contributed by atoms with van der Waals surface area (Å²) in [5.41, 5.74) is -1.11. The van der Waals surface area contributed by atoms with E-state index in [2.05, 4.69) is 185 Å². The minimum Gasteiger partial charge on any atom is -0.350 e. The normalized spacial score (nSPS) is 14.8. The van der Waals surface area contributed by atoms with Gasteiger partial charge >= 0.3 is 0 Å². The lowest BCUT2D eigenvalue weighted by Crippen LogP contribution is -2.50. The van der Waals surface area contributed by atoms with Gasteiger partial charge in [-0.05, 0) is 316 Å². The van der Waals surface area contributed by atoms with Crippen molar-refractivity contribution >= 4 is 16.0 Å². The van der Waals surface area contributed by atoms with E-state index in [-0.39, 0.29) is 11.8 Å². The number of hydrogen-bond acceptors (Lipinski definition) is 3. The highest BCUT2D eigenvalue weighted by Crippen LogP contribution is 2.49. The second kappa shape index (κ2) is 66.9. The number of carbonyl (C=O) groups excluding carboxylic acids is 1. The topological polar surface area (TPSA) is 83.5 Å². The van der Waals surface area contributed by atoms with Crippen molar-refractivity contribution in [1.29, 1.82) is 0 Å². The second-order valence-electron chi connectivity index (χ2n) is 41.2. The second-order valence-corrected chi connectivity index (χ2v) is 42.7. The third-order valence-corrected chi connectivity index (χ3v) is 33.5. The Hall–Kier alpha value is -0.620. The quantitative estimate of drug-likeness (QED) is 0.0595. The molecule has 0 aliphatic heterocycles. The van der Waals surface area contributed by atoms with Crippen LogP contribution in [0.1, 0.15) is 521 Å². The predicted molar refractivity (Wildman–Crippen MR) is 509 cm³/mol. The summed E-state index contributed by atoms with van der Waals surface area (Å²) < 4.78 is 36.2. The average molecular weight is 1610 g/mol. The van der Waals surface area contributed by atoms with Crippen LogP contribution in [0.25, 0.3) is 0 Å². The van der Waals surface area contributed by atoms with E-state index in [1.165, 1.54) is 315 Å². The Morgan fingerprint density at radius 2 is 0.363 bits per heavy atom. The molecular weight excluding hydrogens is 1400 g/mol. The summed E-state index contributed by atoms with van der Waals surface area (Å²) in [4.78, 5) is 15.8. The molecule has 113 heavy (non-hydrogen) atoms. The van der Waals surface area contributed by atoms with Gasteiger partial charge < -0.3 is 5.32 Å². The van der Waals surface area contributed by atoms with E-state index in [1.54, 1.807) is 0 Å². The van der Waals surface area contributed by atoms with Crippen molar-refractivity contribution in [3.05, 3.63) is 0 Å². The summed E-state index contributed by atoms with van der Waals surface area (Å²) in [7, 11) is -4.35. The minimum absolute atomic E-state index is 0.00195. The standard InChI is InChI=1S/C107H215NO4S/c1-29-55-92(52-24)67-93(53-25)68-99(66-91(50-22)51-23)74-102(73-98(64-89(46-18)47-19)65-90(48-20)49-21)77-104(79-105(54-26)106(109)108-107(27,28)80-113(110,111)112)78-103(75-100(69-94(56-81(30-2)31-3)57-82(32-4)33-5)70-95(58-83(34-6)35-7)59-84(36-8)37-9)76-101(71-96(60-85(38-10)39-11)61-86(40-12)41-13)72-97(62-87(42-14)43-15)63-88(44-16)45-17/h81-105H,29-80H2,1-28H3,(H,108,109)(H,110,111,112). The molecule has 678 valence electrons. The van der Waals surface area contributed by atoms with E-state index in [1.807, 2.05) is 13.8 Å². The first-order chi connectivity index (χ1) is 54.0.